The van der Waals surface area contributed by atoms with Crippen molar-refractivity contribution in [2.45, 2.75) is 13.0 Å². The van der Waals surface area contributed by atoms with Crippen LogP contribution < -0.4 is 19.5 Å². The zero-order valence-corrected chi connectivity index (χ0v) is 14.5. The van der Waals surface area contributed by atoms with Crippen LogP contribution in [0.2, 0.25) is 0 Å². The molecule has 2 aromatic carbocycles. The molecule has 0 radical (unpaired) electrons. The third kappa shape index (κ3) is 3.88. The van der Waals surface area contributed by atoms with Crippen molar-refractivity contribution >= 4 is 17.6 Å². The molecule has 0 aliphatic carbocycles. The molecule has 7 heteroatoms. The highest BCUT2D eigenvalue weighted by Gasteiger charge is 2.22. The number of para-hydroxylation sites is 1. The smallest absolute Gasteiger partial charge is 0.342 e. The Bertz CT molecular complexity index is 819. The second kappa shape index (κ2) is 7.77. The van der Waals surface area contributed by atoms with Gasteiger partial charge in [-0.2, -0.15) is 0 Å². The summed E-state index contributed by atoms with van der Waals surface area (Å²) in [5.41, 5.74) is 0.786. The largest absolute Gasteiger partial charge is 0.496 e. The Morgan fingerprint density at radius 1 is 1.08 bits per heavy atom. The number of anilines is 1. The number of fused-ring (bicyclic) bond motifs is 1. The molecule has 0 spiro atoms. The molecule has 1 atom stereocenters. The number of esters is 1. The van der Waals surface area contributed by atoms with E-state index < -0.39 is 18.0 Å². The molecule has 26 heavy (non-hydrogen) atoms. The lowest BCUT2D eigenvalue weighted by atomic mass is 10.2. The second-order valence-corrected chi connectivity index (χ2v) is 5.60. The third-order valence-corrected chi connectivity index (χ3v) is 3.79. The van der Waals surface area contributed by atoms with Gasteiger partial charge in [0.25, 0.3) is 5.91 Å². The van der Waals surface area contributed by atoms with Gasteiger partial charge >= 0.3 is 5.97 Å². The number of hydrogen-bond donors (Lipinski definition) is 1. The van der Waals surface area contributed by atoms with E-state index in [0.29, 0.717) is 36.1 Å². The quantitative estimate of drug-likeness (QED) is 0.829. The summed E-state index contributed by atoms with van der Waals surface area (Å²) < 4.78 is 21.3. The Morgan fingerprint density at radius 3 is 2.58 bits per heavy atom. The molecule has 0 unspecified atom stereocenters. The molecule has 0 bridgehead atoms. The van der Waals surface area contributed by atoms with Gasteiger partial charge in [0.05, 0.1) is 7.11 Å². The zero-order valence-electron chi connectivity index (χ0n) is 14.5. The number of amides is 1. The maximum atomic E-state index is 12.3. The van der Waals surface area contributed by atoms with Gasteiger partial charge in [-0.1, -0.05) is 12.1 Å². The van der Waals surface area contributed by atoms with Crippen LogP contribution in [0.3, 0.4) is 0 Å². The van der Waals surface area contributed by atoms with Crippen molar-refractivity contribution < 1.29 is 28.5 Å². The molecule has 7 nitrogen and oxygen atoms in total. The van der Waals surface area contributed by atoms with E-state index in [2.05, 4.69) is 5.32 Å². The van der Waals surface area contributed by atoms with Crippen LogP contribution in [0.5, 0.6) is 17.2 Å². The molecule has 1 N–H and O–H groups in total. The first-order valence-electron chi connectivity index (χ1n) is 8.13. The van der Waals surface area contributed by atoms with Gasteiger partial charge in [0.1, 0.15) is 24.5 Å². The first-order chi connectivity index (χ1) is 12.6. The molecule has 0 saturated heterocycles. The number of nitrogens with one attached hydrogen (secondary N) is 1. The number of rotatable bonds is 5. The Hall–Kier alpha value is -3.22. The first-order valence-corrected chi connectivity index (χ1v) is 8.13. The monoisotopic (exact) mass is 357 g/mol. The third-order valence-electron chi connectivity index (χ3n) is 3.79. The minimum absolute atomic E-state index is 0.258. The van der Waals surface area contributed by atoms with Crippen molar-refractivity contribution in [2.75, 3.05) is 25.6 Å². The fourth-order valence-electron chi connectivity index (χ4n) is 2.46. The summed E-state index contributed by atoms with van der Waals surface area (Å²) in [6.45, 7) is 2.45. The van der Waals surface area contributed by atoms with Gasteiger partial charge < -0.3 is 24.3 Å². The normalized spacial score (nSPS) is 13.5. The summed E-state index contributed by atoms with van der Waals surface area (Å²) in [6, 6.07) is 11.7. The summed E-state index contributed by atoms with van der Waals surface area (Å²) in [6.07, 6.45) is -0.986. The maximum absolute atomic E-state index is 12.3. The van der Waals surface area contributed by atoms with E-state index >= 15 is 0 Å². The summed E-state index contributed by atoms with van der Waals surface area (Å²) in [5, 5.41) is 2.69. The van der Waals surface area contributed by atoms with Crippen LogP contribution in [-0.4, -0.2) is 38.3 Å². The Morgan fingerprint density at radius 2 is 1.81 bits per heavy atom. The standard InChI is InChI=1S/C19H19NO6/c1-12(26-19(22)14-5-3-4-6-15(14)23-2)18(21)20-13-7-8-16-17(11-13)25-10-9-24-16/h3-8,11-12H,9-10H2,1-2H3,(H,20,21)/t12-/m0/s1. The van der Waals surface area contributed by atoms with E-state index in [1.54, 1.807) is 42.5 Å². The van der Waals surface area contributed by atoms with Gasteiger partial charge in [0.15, 0.2) is 17.6 Å². The fraction of sp³-hybridized carbons (Fsp3) is 0.263. The van der Waals surface area contributed by atoms with Crippen molar-refractivity contribution in [3.63, 3.8) is 0 Å². The van der Waals surface area contributed by atoms with E-state index in [1.165, 1.54) is 14.0 Å². The highest BCUT2D eigenvalue weighted by molar-refractivity contribution is 5.98. The second-order valence-electron chi connectivity index (χ2n) is 5.60. The minimum Gasteiger partial charge on any atom is -0.496 e. The van der Waals surface area contributed by atoms with Gasteiger partial charge in [-0.3, -0.25) is 4.79 Å². The number of hydrogen-bond acceptors (Lipinski definition) is 6. The van der Waals surface area contributed by atoms with Crippen LogP contribution in [0.4, 0.5) is 5.69 Å². The number of benzene rings is 2. The van der Waals surface area contributed by atoms with Crippen LogP contribution in [0.15, 0.2) is 42.5 Å². The first kappa shape index (κ1) is 17.6. The lowest BCUT2D eigenvalue weighted by Gasteiger charge is -2.19. The van der Waals surface area contributed by atoms with Gasteiger partial charge in [0, 0.05) is 11.8 Å². The Labute approximate surface area is 150 Å². The van der Waals surface area contributed by atoms with Crippen molar-refractivity contribution in [1.82, 2.24) is 0 Å². The molecule has 0 fully saturated rings. The number of carbonyl (C=O) groups excluding carboxylic acids is 2. The van der Waals surface area contributed by atoms with Crippen LogP contribution in [0.25, 0.3) is 0 Å². The predicted molar refractivity (Wildman–Crippen MR) is 93.9 cm³/mol. The summed E-state index contributed by atoms with van der Waals surface area (Å²) in [7, 11) is 1.46. The average Bonchev–Trinajstić information content (AvgIpc) is 2.67. The summed E-state index contributed by atoms with van der Waals surface area (Å²) >= 11 is 0. The lowest BCUT2D eigenvalue weighted by molar-refractivity contribution is -0.123. The summed E-state index contributed by atoms with van der Waals surface area (Å²) in [4.78, 5) is 24.6. The Kier molecular flexibility index (Phi) is 5.26. The Balaban J connectivity index is 1.63. The maximum Gasteiger partial charge on any atom is 0.342 e. The highest BCUT2D eigenvalue weighted by atomic mass is 16.6. The predicted octanol–water partition coefficient (Wildman–Crippen LogP) is 2.65. The average molecular weight is 357 g/mol. The van der Waals surface area contributed by atoms with E-state index in [4.69, 9.17) is 18.9 Å². The molecule has 0 aromatic heterocycles. The van der Waals surface area contributed by atoms with E-state index in [0.717, 1.165) is 0 Å². The molecule has 136 valence electrons. The minimum atomic E-state index is -0.986. The molecule has 2 aromatic rings. The van der Waals surface area contributed by atoms with Crippen molar-refractivity contribution in [3.05, 3.63) is 48.0 Å². The number of ether oxygens (including phenoxy) is 4. The number of methoxy groups -OCH3 is 1. The van der Waals surface area contributed by atoms with Gasteiger partial charge in [-0.15, -0.1) is 0 Å². The summed E-state index contributed by atoms with van der Waals surface area (Å²) in [5.74, 6) is 0.492. The van der Waals surface area contributed by atoms with Crippen LogP contribution in [-0.2, 0) is 9.53 Å². The molecule has 1 aliphatic heterocycles. The molecule has 1 amide bonds. The highest BCUT2D eigenvalue weighted by Crippen LogP contribution is 2.32. The van der Waals surface area contributed by atoms with Gasteiger partial charge in [-0.05, 0) is 31.2 Å². The van der Waals surface area contributed by atoms with Crippen LogP contribution in [0.1, 0.15) is 17.3 Å². The van der Waals surface area contributed by atoms with Crippen LogP contribution >= 0.6 is 0 Å². The molecule has 1 aliphatic rings. The lowest BCUT2D eigenvalue weighted by Crippen LogP contribution is -2.30. The van der Waals surface area contributed by atoms with Gasteiger partial charge in [0.2, 0.25) is 0 Å². The molecular formula is C19H19NO6. The van der Waals surface area contributed by atoms with Gasteiger partial charge in [-0.25, -0.2) is 4.79 Å². The van der Waals surface area contributed by atoms with E-state index in [1.807, 2.05) is 0 Å². The molecule has 0 saturated carbocycles. The van der Waals surface area contributed by atoms with Crippen LogP contribution in [0, 0.1) is 0 Å². The van der Waals surface area contributed by atoms with E-state index in [-0.39, 0.29) is 5.56 Å². The number of carbonyl (C=O) groups is 2. The molecule has 3 rings (SSSR count). The molecule has 1 heterocycles. The topological polar surface area (TPSA) is 83.1 Å². The van der Waals surface area contributed by atoms with Crippen molar-refractivity contribution in [3.8, 4) is 17.2 Å². The molecular weight excluding hydrogens is 338 g/mol. The van der Waals surface area contributed by atoms with Crippen molar-refractivity contribution in [2.24, 2.45) is 0 Å². The van der Waals surface area contributed by atoms with Crippen molar-refractivity contribution in [1.29, 1.82) is 0 Å². The fourth-order valence-corrected chi connectivity index (χ4v) is 2.46. The SMILES string of the molecule is COc1ccccc1C(=O)O[C@@H](C)C(=O)Nc1ccc2c(c1)OCCO2. The zero-order chi connectivity index (χ0) is 18.5. The van der Waals surface area contributed by atoms with E-state index in [9.17, 15) is 9.59 Å².